The van der Waals surface area contributed by atoms with Crippen LogP contribution in [-0.4, -0.2) is 48.1 Å². The van der Waals surface area contributed by atoms with E-state index in [0.29, 0.717) is 23.8 Å². The molecule has 1 saturated carbocycles. The number of likely N-dealkylation sites (tertiary alicyclic amines) is 1. The largest absolute Gasteiger partial charge is 0.439 e. The van der Waals surface area contributed by atoms with Crippen molar-refractivity contribution in [3.8, 4) is 11.6 Å². The number of pyridine rings is 1. The molecule has 0 unspecified atom stereocenters. The van der Waals surface area contributed by atoms with Crippen molar-refractivity contribution in [3.63, 3.8) is 0 Å². The quantitative estimate of drug-likeness (QED) is 0.183. The fourth-order valence-corrected chi connectivity index (χ4v) is 5.71. The Labute approximate surface area is 239 Å². The average molecular weight is 567 g/mol. The normalized spacial score (nSPS) is 16.1. The first-order valence-corrected chi connectivity index (χ1v) is 15.1. The van der Waals surface area contributed by atoms with E-state index in [2.05, 4.69) is 25.6 Å². The van der Waals surface area contributed by atoms with E-state index in [1.54, 1.807) is 11.9 Å². The maximum atomic E-state index is 14.9. The van der Waals surface area contributed by atoms with Crippen LogP contribution in [-0.2, 0) is 6.54 Å². The molecule has 1 N–H and O–H groups in total. The number of ether oxygens (including phenoxy) is 1. The number of carbonyl (C=O) groups excluding carboxylic acids is 1. The van der Waals surface area contributed by atoms with Crippen molar-refractivity contribution in [1.82, 2.24) is 9.88 Å². The van der Waals surface area contributed by atoms with Gasteiger partial charge in [-0.3, -0.25) is 9.69 Å². The number of piperidine rings is 1. The number of aromatic nitrogens is 1. The molecule has 1 aromatic heterocycles. The van der Waals surface area contributed by atoms with Gasteiger partial charge in [-0.15, -0.1) is 0 Å². The molecule has 1 saturated heterocycles. The van der Waals surface area contributed by atoms with Gasteiger partial charge in [-0.25, -0.2) is 13.8 Å². The maximum Gasteiger partial charge on any atom is 0.219 e. The van der Waals surface area contributed by atoms with Crippen molar-refractivity contribution in [2.75, 3.05) is 35.5 Å². The molecule has 0 bridgehead atoms. The van der Waals surface area contributed by atoms with Crippen molar-refractivity contribution < 1.29 is 18.3 Å². The predicted octanol–water partition coefficient (Wildman–Crippen LogP) is 7.23. The van der Waals surface area contributed by atoms with Crippen LogP contribution in [0.4, 0.5) is 20.2 Å². The molecule has 0 atom stereocenters. The Balaban J connectivity index is 1.20. The first kappa shape index (κ1) is 28.4. The van der Waals surface area contributed by atoms with Crippen LogP contribution in [0.3, 0.4) is 0 Å². The van der Waals surface area contributed by atoms with Gasteiger partial charge in [-0.05, 0) is 68.0 Å². The summed E-state index contributed by atoms with van der Waals surface area (Å²) in [6.07, 6.45) is 7.61. The van der Waals surface area contributed by atoms with Gasteiger partial charge >= 0.3 is 0 Å². The van der Waals surface area contributed by atoms with E-state index in [1.807, 2.05) is 43.5 Å². The van der Waals surface area contributed by atoms with E-state index in [9.17, 15) is 13.6 Å². The summed E-state index contributed by atoms with van der Waals surface area (Å²) >= 11 is 1.54. The van der Waals surface area contributed by atoms with Gasteiger partial charge < -0.3 is 14.4 Å². The van der Waals surface area contributed by atoms with Gasteiger partial charge in [-0.2, -0.15) is 0 Å². The van der Waals surface area contributed by atoms with Crippen LogP contribution in [0, 0.1) is 24.5 Å². The van der Waals surface area contributed by atoms with Crippen molar-refractivity contribution in [3.05, 3.63) is 77.0 Å². The molecular formula is C31H36F2N4O2S. The van der Waals surface area contributed by atoms with Crippen LogP contribution < -0.4 is 14.4 Å². The zero-order valence-corrected chi connectivity index (χ0v) is 23.9. The van der Waals surface area contributed by atoms with E-state index in [-0.39, 0.29) is 11.6 Å². The minimum atomic E-state index is -0.810. The lowest BCUT2D eigenvalue weighted by atomic mass is 10.00. The molecule has 2 aromatic carbocycles. The van der Waals surface area contributed by atoms with Gasteiger partial charge in [0.1, 0.15) is 17.4 Å². The van der Waals surface area contributed by atoms with E-state index in [4.69, 9.17) is 4.74 Å². The molecule has 2 fully saturated rings. The second-order valence-electron chi connectivity index (χ2n) is 10.7. The number of rotatable bonds is 12. The molecule has 2 heterocycles. The van der Waals surface area contributed by atoms with E-state index < -0.39 is 11.6 Å². The van der Waals surface area contributed by atoms with Gasteiger partial charge in [0.15, 0.2) is 6.29 Å². The Morgan fingerprint density at radius 2 is 1.82 bits per heavy atom. The van der Waals surface area contributed by atoms with Gasteiger partial charge in [0.25, 0.3) is 0 Å². The lowest BCUT2D eigenvalue weighted by Gasteiger charge is -2.40. The summed E-state index contributed by atoms with van der Waals surface area (Å²) in [5.74, 6) is 0.578. The topological polar surface area (TPSA) is 57.7 Å². The summed E-state index contributed by atoms with van der Waals surface area (Å²) in [6, 6.07) is 14.1. The van der Waals surface area contributed by atoms with Crippen LogP contribution in [0.25, 0.3) is 0 Å². The van der Waals surface area contributed by atoms with Crippen molar-refractivity contribution in [2.45, 2.75) is 51.6 Å². The van der Waals surface area contributed by atoms with Crippen molar-refractivity contribution in [2.24, 2.45) is 5.92 Å². The van der Waals surface area contributed by atoms with Crippen molar-refractivity contribution >= 4 is 29.6 Å². The second kappa shape index (κ2) is 13.0. The van der Waals surface area contributed by atoms with Crippen LogP contribution in [0.2, 0.25) is 0 Å². The number of aryl methyl sites for hydroxylation is 1. The molecule has 2 aliphatic rings. The third-order valence-corrected chi connectivity index (χ3v) is 8.28. The van der Waals surface area contributed by atoms with E-state index >= 15 is 0 Å². The molecule has 1 aliphatic carbocycles. The predicted molar refractivity (Wildman–Crippen MR) is 157 cm³/mol. The zero-order chi connectivity index (χ0) is 28.1. The number of hydrogen-bond donors (Lipinski definition) is 1. The minimum Gasteiger partial charge on any atom is -0.439 e. The molecule has 6 nitrogen and oxygen atoms in total. The summed E-state index contributed by atoms with van der Waals surface area (Å²) in [5.41, 5.74) is 3.35. The van der Waals surface area contributed by atoms with Crippen LogP contribution in [0.1, 0.15) is 53.7 Å². The molecule has 212 valence electrons. The summed E-state index contributed by atoms with van der Waals surface area (Å²) in [5, 5.41) is 0. The summed E-state index contributed by atoms with van der Waals surface area (Å²) in [4.78, 5) is 20.5. The maximum absolute atomic E-state index is 14.9. The third kappa shape index (κ3) is 7.12. The Hall–Kier alpha value is -3.17. The SMILES string of the molecule is CSNc1ccc(Oc2ccc(CN3CCC(N(CCC4CC4)c4cc(C=O)c(F)cc4F)CC3)c(C)n2)cc1. The Bertz CT molecular complexity index is 1310. The number of anilines is 2. The molecule has 3 aromatic rings. The molecule has 0 radical (unpaired) electrons. The van der Waals surface area contributed by atoms with E-state index in [0.717, 1.165) is 74.2 Å². The highest BCUT2D eigenvalue weighted by Gasteiger charge is 2.30. The molecule has 5 rings (SSSR count). The Kier molecular flexibility index (Phi) is 9.22. The molecular weight excluding hydrogens is 530 g/mol. The van der Waals surface area contributed by atoms with Gasteiger partial charge in [0, 0.05) is 62.0 Å². The lowest BCUT2D eigenvalue weighted by Crippen LogP contribution is -2.45. The van der Waals surface area contributed by atoms with E-state index in [1.165, 1.54) is 18.9 Å². The van der Waals surface area contributed by atoms with Crippen LogP contribution >= 0.6 is 11.9 Å². The van der Waals surface area contributed by atoms with Crippen LogP contribution in [0.5, 0.6) is 11.6 Å². The summed E-state index contributed by atoms with van der Waals surface area (Å²) in [6.45, 7) is 5.23. The Morgan fingerprint density at radius 1 is 1.07 bits per heavy atom. The molecule has 40 heavy (non-hydrogen) atoms. The van der Waals surface area contributed by atoms with Crippen LogP contribution in [0.15, 0.2) is 48.5 Å². The highest BCUT2D eigenvalue weighted by Crippen LogP contribution is 2.35. The first-order chi connectivity index (χ1) is 19.4. The highest BCUT2D eigenvalue weighted by molar-refractivity contribution is 7.99. The number of halogens is 2. The summed E-state index contributed by atoms with van der Waals surface area (Å²) in [7, 11) is 0. The number of nitrogens with zero attached hydrogens (tertiary/aromatic N) is 3. The number of carbonyl (C=O) groups is 1. The average Bonchev–Trinajstić information content (AvgIpc) is 3.78. The molecule has 0 spiro atoms. The fourth-order valence-electron chi connectivity index (χ4n) is 5.34. The van der Waals surface area contributed by atoms with Gasteiger partial charge in [-0.1, -0.05) is 30.9 Å². The highest BCUT2D eigenvalue weighted by atomic mass is 32.2. The first-order valence-electron chi connectivity index (χ1n) is 13.9. The monoisotopic (exact) mass is 566 g/mol. The molecule has 0 amide bonds. The smallest absolute Gasteiger partial charge is 0.219 e. The standard InChI is InChI=1S/C31H36F2N4O2S/c1-21-23(5-10-31(34-21)39-27-8-6-25(7-9-27)35-40-2)19-36-14-12-26(13-15-36)37(16-11-22-3-4-22)30-17-24(20-38)28(32)18-29(30)33/h5-10,17-18,20,22,26,35H,3-4,11-16,19H2,1-2H3. The summed E-state index contributed by atoms with van der Waals surface area (Å²) < 4.78 is 38.1. The minimum absolute atomic E-state index is 0.0923. The number of hydrogen-bond acceptors (Lipinski definition) is 7. The third-order valence-electron chi connectivity index (χ3n) is 7.84. The number of aldehydes is 1. The number of nitrogens with one attached hydrogen (secondary N) is 1. The molecule has 9 heteroatoms. The Morgan fingerprint density at radius 3 is 2.48 bits per heavy atom. The van der Waals surface area contributed by atoms with Gasteiger partial charge in [0.2, 0.25) is 5.88 Å². The lowest BCUT2D eigenvalue weighted by molar-refractivity contribution is 0.111. The number of benzene rings is 2. The fraction of sp³-hybridized carbons (Fsp3) is 0.419. The molecule has 1 aliphatic heterocycles. The second-order valence-corrected chi connectivity index (χ2v) is 11.3. The van der Waals surface area contributed by atoms with Crippen molar-refractivity contribution in [1.29, 1.82) is 0 Å². The zero-order valence-electron chi connectivity index (χ0n) is 23.0. The van der Waals surface area contributed by atoms with Gasteiger partial charge in [0.05, 0.1) is 11.3 Å².